The average Bonchev–Trinajstić information content (AvgIpc) is 2.44. The summed E-state index contributed by atoms with van der Waals surface area (Å²) in [7, 11) is 0. The predicted molar refractivity (Wildman–Crippen MR) is 89.2 cm³/mol. The molecule has 0 bridgehead atoms. The van der Waals surface area contributed by atoms with Crippen molar-refractivity contribution in [2.24, 2.45) is 0 Å². The van der Waals surface area contributed by atoms with E-state index in [1.807, 2.05) is 20.8 Å². The van der Waals surface area contributed by atoms with Crippen LogP contribution in [0.15, 0.2) is 21.3 Å². The smallest absolute Gasteiger partial charge is 0.336 e. The van der Waals surface area contributed by atoms with Crippen molar-refractivity contribution >= 4 is 22.6 Å². The van der Waals surface area contributed by atoms with Crippen LogP contribution >= 0.6 is 11.6 Å². The standard InChI is InChI=1S/C17H20ClNO4/c1-9-4-15(20)23-17-12(9)5-14(18)16(21)13(17)8-19-6-10(2)22-11(3)7-19/h4-5,10-11,21H,6-8H2,1-3H3/t10-,11-/m1/s1. The van der Waals surface area contributed by atoms with E-state index < -0.39 is 5.63 Å². The quantitative estimate of drug-likeness (QED) is 0.853. The van der Waals surface area contributed by atoms with Gasteiger partial charge in [0.15, 0.2) is 0 Å². The first-order chi connectivity index (χ1) is 10.8. The topological polar surface area (TPSA) is 62.9 Å². The number of nitrogens with zero attached hydrogens (tertiary/aromatic N) is 1. The molecule has 5 nitrogen and oxygen atoms in total. The normalized spacial score (nSPS) is 22.6. The molecule has 0 radical (unpaired) electrons. The number of halogens is 1. The largest absolute Gasteiger partial charge is 0.506 e. The average molecular weight is 338 g/mol. The Kier molecular flexibility index (Phi) is 4.36. The Labute approximate surface area is 139 Å². The van der Waals surface area contributed by atoms with Crippen LogP contribution in [0.3, 0.4) is 0 Å². The van der Waals surface area contributed by atoms with E-state index in [9.17, 15) is 9.90 Å². The molecular weight excluding hydrogens is 318 g/mol. The van der Waals surface area contributed by atoms with Gasteiger partial charge in [-0.15, -0.1) is 0 Å². The van der Waals surface area contributed by atoms with Crippen LogP contribution in [0.5, 0.6) is 5.75 Å². The minimum Gasteiger partial charge on any atom is -0.506 e. The van der Waals surface area contributed by atoms with Gasteiger partial charge in [0.1, 0.15) is 11.3 Å². The first-order valence-electron chi connectivity index (χ1n) is 7.67. The van der Waals surface area contributed by atoms with Crippen molar-refractivity contribution in [2.45, 2.75) is 39.5 Å². The number of benzene rings is 1. The number of aryl methyl sites for hydroxylation is 1. The van der Waals surface area contributed by atoms with E-state index >= 15 is 0 Å². The molecule has 0 spiro atoms. The number of fused-ring (bicyclic) bond motifs is 1. The van der Waals surface area contributed by atoms with E-state index in [-0.39, 0.29) is 23.0 Å². The lowest BCUT2D eigenvalue weighted by Crippen LogP contribution is -2.44. The van der Waals surface area contributed by atoms with Crippen molar-refractivity contribution in [2.75, 3.05) is 13.1 Å². The lowest BCUT2D eigenvalue weighted by atomic mass is 10.0. The van der Waals surface area contributed by atoms with Gasteiger partial charge >= 0.3 is 5.63 Å². The Hall–Kier alpha value is -1.56. The summed E-state index contributed by atoms with van der Waals surface area (Å²) in [5.74, 6) is -0.0280. The number of hydrogen-bond donors (Lipinski definition) is 1. The molecule has 2 atom stereocenters. The van der Waals surface area contributed by atoms with Crippen LogP contribution < -0.4 is 5.63 Å². The van der Waals surface area contributed by atoms with Gasteiger partial charge in [-0.3, -0.25) is 4.90 Å². The zero-order chi connectivity index (χ0) is 16.7. The number of hydrogen-bond acceptors (Lipinski definition) is 5. The SMILES string of the molecule is Cc1cc(=O)oc2c(CN3C[C@@H](C)O[C@H](C)C3)c(O)c(Cl)cc12. The summed E-state index contributed by atoms with van der Waals surface area (Å²) in [5, 5.41) is 11.4. The van der Waals surface area contributed by atoms with E-state index in [1.54, 1.807) is 6.07 Å². The second-order valence-electron chi connectivity index (χ2n) is 6.26. The highest BCUT2D eigenvalue weighted by atomic mass is 35.5. The van der Waals surface area contributed by atoms with Crippen molar-refractivity contribution in [3.8, 4) is 5.75 Å². The summed E-state index contributed by atoms with van der Waals surface area (Å²) in [6.45, 7) is 7.80. The second-order valence-corrected chi connectivity index (χ2v) is 6.67. The van der Waals surface area contributed by atoms with Crippen molar-refractivity contribution in [3.63, 3.8) is 0 Å². The van der Waals surface area contributed by atoms with Crippen molar-refractivity contribution in [3.05, 3.63) is 38.7 Å². The predicted octanol–water partition coefficient (Wildman–Crippen LogP) is 3.07. The summed E-state index contributed by atoms with van der Waals surface area (Å²) in [6.07, 6.45) is 0.222. The van der Waals surface area contributed by atoms with Crippen molar-refractivity contribution in [1.82, 2.24) is 4.90 Å². The van der Waals surface area contributed by atoms with Gasteiger partial charge in [-0.1, -0.05) is 11.6 Å². The number of phenols is 1. The zero-order valence-corrected chi connectivity index (χ0v) is 14.2. The molecule has 1 N–H and O–H groups in total. The number of ether oxygens (including phenoxy) is 1. The molecule has 0 aliphatic carbocycles. The fourth-order valence-electron chi connectivity index (χ4n) is 3.25. The summed E-state index contributed by atoms with van der Waals surface area (Å²) >= 11 is 6.17. The molecule has 1 saturated heterocycles. The first kappa shape index (κ1) is 16.3. The molecule has 0 saturated carbocycles. The van der Waals surface area contributed by atoms with Gasteiger partial charge in [-0.05, 0) is 32.4 Å². The third kappa shape index (κ3) is 3.22. The number of morpholine rings is 1. The van der Waals surface area contributed by atoms with Crippen LogP contribution in [0.25, 0.3) is 11.0 Å². The van der Waals surface area contributed by atoms with Gasteiger partial charge in [0.25, 0.3) is 0 Å². The fraction of sp³-hybridized carbons (Fsp3) is 0.471. The van der Waals surface area contributed by atoms with Crippen LogP contribution in [-0.2, 0) is 11.3 Å². The molecule has 2 aromatic rings. The van der Waals surface area contributed by atoms with Crippen LogP contribution in [-0.4, -0.2) is 35.3 Å². The molecule has 1 aromatic heterocycles. The molecule has 1 aliphatic heterocycles. The van der Waals surface area contributed by atoms with Gasteiger partial charge in [0.2, 0.25) is 0 Å². The van der Waals surface area contributed by atoms with Crippen molar-refractivity contribution in [1.29, 1.82) is 0 Å². The maximum absolute atomic E-state index is 11.7. The number of phenolic OH excluding ortho intramolecular Hbond substituents is 1. The van der Waals surface area contributed by atoms with Crippen LogP contribution in [0.4, 0.5) is 0 Å². The van der Waals surface area contributed by atoms with Gasteiger partial charge in [-0.25, -0.2) is 4.79 Å². The highest BCUT2D eigenvalue weighted by molar-refractivity contribution is 6.33. The maximum atomic E-state index is 11.7. The highest BCUT2D eigenvalue weighted by Gasteiger charge is 2.25. The van der Waals surface area contributed by atoms with E-state index in [0.717, 1.165) is 24.0 Å². The monoisotopic (exact) mass is 337 g/mol. The molecule has 1 fully saturated rings. The third-order valence-corrected chi connectivity index (χ3v) is 4.43. The third-order valence-electron chi connectivity index (χ3n) is 4.14. The van der Waals surface area contributed by atoms with Gasteiger partial charge in [-0.2, -0.15) is 0 Å². The van der Waals surface area contributed by atoms with Crippen LogP contribution in [0, 0.1) is 6.92 Å². The minimum absolute atomic E-state index is 0.0280. The summed E-state index contributed by atoms with van der Waals surface area (Å²) in [4.78, 5) is 13.9. The molecule has 23 heavy (non-hydrogen) atoms. The summed E-state index contributed by atoms with van der Waals surface area (Å²) < 4.78 is 11.1. The van der Waals surface area contributed by atoms with E-state index in [1.165, 1.54) is 6.07 Å². The Morgan fingerprint density at radius 3 is 2.61 bits per heavy atom. The first-order valence-corrected chi connectivity index (χ1v) is 8.05. The molecule has 1 aliphatic rings. The van der Waals surface area contributed by atoms with Crippen LogP contribution in [0.2, 0.25) is 5.02 Å². The molecule has 1 aromatic carbocycles. The zero-order valence-electron chi connectivity index (χ0n) is 13.4. The summed E-state index contributed by atoms with van der Waals surface area (Å²) in [5.41, 5.74) is 1.31. The van der Waals surface area contributed by atoms with E-state index in [4.69, 9.17) is 20.8 Å². The second kappa shape index (κ2) is 6.15. The van der Waals surface area contributed by atoms with Crippen molar-refractivity contribution < 1.29 is 14.3 Å². The van der Waals surface area contributed by atoms with Crippen LogP contribution in [0.1, 0.15) is 25.0 Å². The number of aromatic hydroxyl groups is 1. The Bertz CT molecular complexity index is 791. The Balaban J connectivity index is 2.09. The molecule has 0 unspecified atom stereocenters. The van der Waals surface area contributed by atoms with E-state index in [0.29, 0.717) is 17.7 Å². The number of rotatable bonds is 2. The molecule has 0 amide bonds. The lowest BCUT2D eigenvalue weighted by molar-refractivity contribution is -0.0705. The molecule has 124 valence electrons. The molecule has 2 heterocycles. The summed E-state index contributed by atoms with van der Waals surface area (Å²) in [6, 6.07) is 3.07. The highest BCUT2D eigenvalue weighted by Crippen LogP contribution is 2.36. The van der Waals surface area contributed by atoms with Gasteiger partial charge in [0.05, 0.1) is 22.8 Å². The van der Waals surface area contributed by atoms with E-state index in [2.05, 4.69) is 4.90 Å². The van der Waals surface area contributed by atoms with Gasteiger partial charge < -0.3 is 14.3 Å². The lowest BCUT2D eigenvalue weighted by Gasteiger charge is -2.35. The molecule has 3 rings (SSSR count). The minimum atomic E-state index is -0.429. The Morgan fingerprint density at radius 2 is 1.96 bits per heavy atom. The molecule has 6 heteroatoms. The van der Waals surface area contributed by atoms with Gasteiger partial charge in [0, 0.05) is 31.1 Å². The molecular formula is C17H20ClNO4. The maximum Gasteiger partial charge on any atom is 0.336 e. The Morgan fingerprint density at radius 1 is 1.30 bits per heavy atom. The fourth-order valence-corrected chi connectivity index (χ4v) is 3.48.